The standard InChI is InChI=1S/C24H31F2N5O2/c1-16(29-7-2-3-8-29)22(32)28-20-14-30(10-6-18(20)17-11-24(25,26)12-17)23(33)19-5-4-9-31-15-27-13-21(19)31/h4-5,9,13,15-18,20H,2-3,6-8,10-12,14H2,1H3,(H,28,32)/t16-,18+,20-/m1/s1. The molecule has 1 N–H and O–H groups in total. The van der Waals surface area contributed by atoms with Crippen molar-refractivity contribution in [1.82, 2.24) is 24.5 Å². The minimum Gasteiger partial charge on any atom is -0.350 e. The summed E-state index contributed by atoms with van der Waals surface area (Å²) in [7, 11) is 0. The SMILES string of the molecule is C[C@H](C(=O)N[C@@H]1CN(C(=O)c2cccn3cncc23)CC[C@H]1C1CC(F)(F)C1)N1CCCC1. The Bertz CT molecular complexity index is 1030. The van der Waals surface area contributed by atoms with E-state index in [9.17, 15) is 18.4 Å². The predicted molar refractivity (Wildman–Crippen MR) is 119 cm³/mol. The van der Waals surface area contributed by atoms with Gasteiger partial charge in [0.1, 0.15) is 0 Å². The third-order valence-corrected chi connectivity index (χ3v) is 7.76. The molecule has 2 aromatic rings. The molecular weight excluding hydrogens is 428 g/mol. The van der Waals surface area contributed by atoms with Crippen molar-refractivity contribution in [3.05, 3.63) is 36.4 Å². The first kappa shape index (κ1) is 22.3. The first-order chi connectivity index (χ1) is 15.8. The highest BCUT2D eigenvalue weighted by atomic mass is 19.3. The molecule has 33 heavy (non-hydrogen) atoms. The fourth-order valence-electron chi connectivity index (χ4n) is 5.78. The van der Waals surface area contributed by atoms with E-state index in [4.69, 9.17) is 0 Å². The van der Waals surface area contributed by atoms with Crippen LogP contribution in [0.15, 0.2) is 30.9 Å². The van der Waals surface area contributed by atoms with Crippen LogP contribution >= 0.6 is 0 Å². The number of amides is 2. The van der Waals surface area contributed by atoms with Gasteiger partial charge in [-0.2, -0.15) is 0 Å². The highest BCUT2D eigenvalue weighted by Gasteiger charge is 2.51. The molecule has 1 saturated carbocycles. The molecule has 0 spiro atoms. The molecule has 2 aromatic heterocycles. The summed E-state index contributed by atoms with van der Waals surface area (Å²) < 4.78 is 29.1. The first-order valence-electron chi connectivity index (χ1n) is 11.9. The molecule has 1 aliphatic carbocycles. The number of hydrogen-bond acceptors (Lipinski definition) is 4. The molecule has 5 rings (SSSR count). The number of halogens is 2. The van der Waals surface area contributed by atoms with Gasteiger partial charge in [-0.05, 0) is 63.2 Å². The Morgan fingerprint density at radius 1 is 1.21 bits per heavy atom. The number of hydrogen-bond donors (Lipinski definition) is 1. The number of aromatic nitrogens is 2. The van der Waals surface area contributed by atoms with Gasteiger partial charge in [0.25, 0.3) is 5.91 Å². The van der Waals surface area contributed by atoms with Crippen molar-refractivity contribution in [2.24, 2.45) is 11.8 Å². The molecule has 0 radical (unpaired) electrons. The number of alkyl halides is 2. The van der Waals surface area contributed by atoms with Crippen LogP contribution in [0.4, 0.5) is 8.78 Å². The molecule has 3 atom stereocenters. The lowest BCUT2D eigenvalue weighted by Gasteiger charge is -2.48. The molecular formula is C24H31F2N5O2. The van der Waals surface area contributed by atoms with E-state index >= 15 is 0 Å². The van der Waals surface area contributed by atoms with E-state index in [0.717, 1.165) is 31.4 Å². The lowest BCUT2D eigenvalue weighted by atomic mass is 9.68. The second-order valence-corrected chi connectivity index (χ2v) is 9.87. The largest absolute Gasteiger partial charge is 0.350 e. The minimum absolute atomic E-state index is 0.0471. The van der Waals surface area contributed by atoms with Gasteiger partial charge in [0.15, 0.2) is 0 Å². The van der Waals surface area contributed by atoms with E-state index in [2.05, 4.69) is 15.2 Å². The number of nitrogens with zero attached hydrogens (tertiary/aromatic N) is 4. The van der Waals surface area contributed by atoms with E-state index in [1.807, 2.05) is 19.2 Å². The fraction of sp³-hybridized carbons (Fsp3) is 0.625. The Balaban J connectivity index is 1.33. The number of piperidine rings is 1. The number of likely N-dealkylation sites (tertiary alicyclic amines) is 2. The molecule has 3 aliphatic rings. The number of pyridine rings is 1. The van der Waals surface area contributed by atoms with Gasteiger partial charge in [-0.15, -0.1) is 0 Å². The van der Waals surface area contributed by atoms with Gasteiger partial charge in [-0.3, -0.25) is 14.5 Å². The maximum absolute atomic E-state index is 13.6. The monoisotopic (exact) mass is 459 g/mol. The zero-order valence-electron chi connectivity index (χ0n) is 18.9. The van der Waals surface area contributed by atoms with Crippen LogP contribution in [0.3, 0.4) is 0 Å². The Hall–Kier alpha value is -2.55. The second-order valence-electron chi connectivity index (χ2n) is 9.87. The van der Waals surface area contributed by atoms with Crippen molar-refractivity contribution < 1.29 is 18.4 Å². The van der Waals surface area contributed by atoms with E-state index in [1.54, 1.807) is 27.9 Å². The molecule has 2 saturated heterocycles. The third-order valence-electron chi connectivity index (χ3n) is 7.76. The summed E-state index contributed by atoms with van der Waals surface area (Å²) in [4.78, 5) is 34.5. The zero-order valence-corrected chi connectivity index (χ0v) is 18.9. The predicted octanol–water partition coefficient (Wildman–Crippen LogP) is 2.81. The maximum atomic E-state index is 13.6. The second kappa shape index (κ2) is 8.66. The molecule has 2 amide bonds. The summed E-state index contributed by atoms with van der Waals surface area (Å²) in [6.45, 7) is 4.53. The normalized spacial score (nSPS) is 26.8. The summed E-state index contributed by atoms with van der Waals surface area (Å²) >= 11 is 0. The molecule has 0 bridgehead atoms. The molecule has 4 heterocycles. The van der Waals surface area contributed by atoms with Crippen molar-refractivity contribution in [1.29, 1.82) is 0 Å². The molecule has 178 valence electrons. The highest BCUT2D eigenvalue weighted by molar-refractivity contribution is 6.00. The Morgan fingerprint density at radius 2 is 1.97 bits per heavy atom. The summed E-state index contributed by atoms with van der Waals surface area (Å²) in [5.41, 5.74) is 1.28. The summed E-state index contributed by atoms with van der Waals surface area (Å²) in [5, 5.41) is 3.15. The van der Waals surface area contributed by atoms with Crippen LogP contribution in [0, 0.1) is 11.8 Å². The van der Waals surface area contributed by atoms with E-state index in [1.165, 1.54) is 0 Å². The number of rotatable bonds is 5. The zero-order chi connectivity index (χ0) is 23.2. The van der Waals surface area contributed by atoms with Crippen molar-refractivity contribution in [3.63, 3.8) is 0 Å². The van der Waals surface area contributed by atoms with Gasteiger partial charge in [0.2, 0.25) is 11.8 Å². The van der Waals surface area contributed by atoms with Crippen molar-refractivity contribution in [2.45, 2.75) is 57.0 Å². The maximum Gasteiger partial charge on any atom is 0.256 e. The summed E-state index contributed by atoms with van der Waals surface area (Å²) in [6.07, 6.45) is 7.67. The molecule has 0 unspecified atom stereocenters. The Morgan fingerprint density at radius 3 is 2.70 bits per heavy atom. The average molecular weight is 460 g/mol. The quantitative estimate of drug-likeness (QED) is 0.747. The topological polar surface area (TPSA) is 70.0 Å². The van der Waals surface area contributed by atoms with Gasteiger partial charge in [0, 0.05) is 38.2 Å². The van der Waals surface area contributed by atoms with Crippen LogP contribution in [0.2, 0.25) is 0 Å². The number of nitrogens with one attached hydrogen (secondary N) is 1. The molecule has 9 heteroatoms. The van der Waals surface area contributed by atoms with Gasteiger partial charge in [0.05, 0.1) is 29.6 Å². The Kier molecular flexibility index (Phi) is 5.84. The van der Waals surface area contributed by atoms with Crippen LogP contribution in [0.5, 0.6) is 0 Å². The van der Waals surface area contributed by atoms with Gasteiger partial charge in [-0.1, -0.05) is 0 Å². The minimum atomic E-state index is -2.60. The molecule has 2 aliphatic heterocycles. The highest BCUT2D eigenvalue weighted by Crippen LogP contribution is 2.48. The summed E-state index contributed by atoms with van der Waals surface area (Å²) in [6, 6.07) is 3.00. The average Bonchev–Trinajstić information content (AvgIpc) is 3.48. The van der Waals surface area contributed by atoms with Crippen molar-refractivity contribution in [3.8, 4) is 0 Å². The Labute approximate surface area is 192 Å². The summed E-state index contributed by atoms with van der Waals surface area (Å²) in [5.74, 6) is -2.97. The van der Waals surface area contributed by atoms with Crippen molar-refractivity contribution >= 4 is 17.3 Å². The van der Waals surface area contributed by atoms with Crippen molar-refractivity contribution in [2.75, 3.05) is 26.2 Å². The van der Waals surface area contributed by atoms with Crippen LogP contribution in [0.1, 0.15) is 49.4 Å². The molecule has 7 nitrogen and oxygen atoms in total. The van der Waals surface area contributed by atoms with Crippen LogP contribution in [-0.4, -0.2) is 75.2 Å². The van der Waals surface area contributed by atoms with E-state index in [0.29, 0.717) is 25.1 Å². The van der Waals surface area contributed by atoms with E-state index < -0.39 is 5.92 Å². The van der Waals surface area contributed by atoms with Gasteiger partial charge < -0.3 is 14.6 Å². The fourth-order valence-corrected chi connectivity index (χ4v) is 5.78. The van der Waals surface area contributed by atoms with E-state index in [-0.39, 0.29) is 48.6 Å². The van der Waals surface area contributed by atoms with Crippen LogP contribution in [0.25, 0.3) is 5.52 Å². The number of carbonyl (C=O) groups excluding carboxylic acids is 2. The van der Waals surface area contributed by atoms with Crippen LogP contribution in [-0.2, 0) is 4.79 Å². The van der Waals surface area contributed by atoms with Gasteiger partial charge in [-0.25, -0.2) is 13.8 Å². The lowest BCUT2D eigenvalue weighted by molar-refractivity contribution is -0.138. The molecule has 3 fully saturated rings. The van der Waals surface area contributed by atoms with Gasteiger partial charge >= 0.3 is 0 Å². The lowest BCUT2D eigenvalue weighted by Crippen LogP contribution is -2.60. The number of imidazole rings is 1. The first-order valence-corrected chi connectivity index (χ1v) is 11.9. The molecule has 0 aromatic carbocycles. The smallest absolute Gasteiger partial charge is 0.256 e. The van der Waals surface area contributed by atoms with Crippen LogP contribution < -0.4 is 5.32 Å². The number of carbonyl (C=O) groups is 2. The third kappa shape index (κ3) is 4.35. The number of fused-ring (bicyclic) bond motifs is 1.